The second-order valence-electron chi connectivity index (χ2n) is 2.71. The maximum atomic E-state index is 12.3. The first-order valence-corrected chi connectivity index (χ1v) is 4.16. The monoisotopic (exact) mass is 194 g/mol. The van der Waals surface area contributed by atoms with Crippen molar-refractivity contribution in [2.45, 2.75) is 6.67 Å². The summed E-state index contributed by atoms with van der Waals surface area (Å²) in [5, 5.41) is 0. The molecular formula is C11H11FO2. The van der Waals surface area contributed by atoms with Crippen molar-refractivity contribution in [3.05, 3.63) is 35.4 Å². The van der Waals surface area contributed by atoms with Crippen molar-refractivity contribution >= 4 is 12.4 Å². The predicted molar refractivity (Wildman–Crippen MR) is 52.9 cm³/mol. The second kappa shape index (κ2) is 5.17. The highest BCUT2D eigenvalue weighted by Gasteiger charge is 2.00. The summed E-state index contributed by atoms with van der Waals surface area (Å²) >= 11 is 0. The molecule has 0 atom stereocenters. The van der Waals surface area contributed by atoms with Gasteiger partial charge in [0.1, 0.15) is 18.7 Å². The molecule has 0 amide bonds. The molecule has 0 fully saturated rings. The first-order chi connectivity index (χ1) is 6.81. The molecule has 0 heterocycles. The van der Waals surface area contributed by atoms with Crippen molar-refractivity contribution in [3.8, 4) is 5.75 Å². The smallest absolute Gasteiger partial charge is 0.142 e. The van der Waals surface area contributed by atoms with Gasteiger partial charge in [0.15, 0.2) is 0 Å². The van der Waals surface area contributed by atoms with E-state index in [-0.39, 0.29) is 0 Å². The van der Waals surface area contributed by atoms with Crippen LogP contribution in [0.5, 0.6) is 5.75 Å². The van der Waals surface area contributed by atoms with E-state index in [2.05, 4.69) is 0 Å². The topological polar surface area (TPSA) is 26.3 Å². The van der Waals surface area contributed by atoms with Gasteiger partial charge in [0.25, 0.3) is 0 Å². The molecule has 3 heteroatoms. The average Bonchev–Trinajstić information content (AvgIpc) is 2.26. The molecule has 0 N–H and O–H groups in total. The van der Waals surface area contributed by atoms with Gasteiger partial charge >= 0.3 is 0 Å². The Morgan fingerprint density at radius 2 is 2.29 bits per heavy atom. The van der Waals surface area contributed by atoms with Crippen molar-refractivity contribution in [2.75, 3.05) is 7.11 Å². The van der Waals surface area contributed by atoms with E-state index in [1.807, 2.05) is 0 Å². The third-order valence-corrected chi connectivity index (χ3v) is 1.81. The van der Waals surface area contributed by atoms with E-state index < -0.39 is 6.67 Å². The van der Waals surface area contributed by atoms with Gasteiger partial charge in [-0.15, -0.1) is 0 Å². The number of benzene rings is 1. The lowest BCUT2D eigenvalue weighted by Crippen LogP contribution is -1.89. The largest absolute Gasteiger partial charge is 0.496 e. The lowest BCUT2D eigenvalue weighted by atomic mass is 10.1. The summed E-state index contributed by atoms with van der Waals surface area (Å²) in [6.07, 6.45) is 3.67. The van der Waals surface area contributed by atoms with Crippen molar-refractivity contribution in [1.82, 2.24) is 0 Å². The molecule has 0 unspecified atom stereocenters. The molecule has 0 saturated carbocycles. The minimum atomic E-state index is -0.520. The Morgan fingerprint density at radius 1 is 1.50 bits per heavy atom. The SMILES string of the molecule is COc1cc(CF)ccc1/C=C\C=O. The van der Waals surface area contributed by atoms with Crippen LogP contribution in [0.25, 0.3) is 6.08 Å². The van der Waals surface area contributed by atoms with Crippen LogP contribution in [0.2, 0.25) is 0 Å². The van der Waals surface area contributed by atoms with Gasteiger partial charge in [0, 0.05) is 5.56 Å². The normalized spacial score (nSPS) is 10.4. The summed E-state index contributed by atoms with van der Waals surface area (Å²) in [5.41, 5.74) is 1.32. The maximum Gasteiger partial charge on any atom is 0.142 e. The van der Waals surface area contributed by atoms with Crippen LogP contribution in [0, 0.1) is 0 Å². The van der Waals surface area contributed by atoms with Crippen LogP contribution in [-0.2, 0) is 11.5 Å². The number of allylic oxidation sites excluding steroid dienone is 1. The van der Waals surface area contributed by atoms with Crippen LogP contribution < -0.4 is 4.74 Å². The molecule has 0 aliphatic heterocycles. The lowest BCUT2D eigenvalue weighted by molar-refractivity contribution is -0.104. The fourth-order valence-electron chi connectivity index (χ4n) is 1.12. The third kappa shape index (κ3) is 2.42. The Bertz CT molecular complexity index is 345. The molecule has 74 valence electrons. The number of hydrogen-bond donors (Lipinski definition) is 0. The van der Waals surface area contributed by atoms with Crippen molar-refractivity contribution in [3.63, 3.8) is 0 Å². The van der Waals surface area contributed by atoms with Crippen LogP contribution in [0.3, 0.4) is 0 Å². The first-order valence-electron chi connectivity index (χ1n) is 4.16. The number of halogens is 1. The fourth-order valence-corrected chi connectivity index (χ4v) is 1.12. The Labute approximate surface area is 82.0 Å². The van der Waals surface area contributed by atoms with E-state index in [1.54, 1.807) is 24.3 Å². The third-order valence-electron chi connectivity index (χ3n) is 1.81. The first kappa shape index (κ1) is 10.4. The fraction of sp³-hybridized carbons (Fsp3) is 0.182. The number of aldehydes is 1. The maximum absolute atomic E-state index is 12.3. The molecule has 0 spiro atoms. The van der Waals surface area contributed by atoms with E-state index in [4.69, 9.17) is 4.74 Å². The highest BCUT2D eigenvalue weighted by molar-refractivity contribution is 5.75. The highest BCUT2D eigenvalue weighted by atomic mass is 19.1. The molecule has 1 aromatic carbocycles. The van der Waals surface area contributed by atoms with Crippen LogP contribution in [-0.4, -0.2) is 13.4 Å². The zero-order chi connectivity index (χ0) is 10.4. The molecule has 0 saturated heterocycles. The molecule has 2 nitrogen and oxygen atoms in total. The van der Waals surface area contributed by atoms with Gasteiger partial charge in [-0.2, -0.15) is 0 Å². The second-order valence-corrected chi connectivity index (χ2v) is 2.71. The lowest BCUT2D eigenvalue weighted by Gasteiger charge is -2.05. The van der Waals surface area contributed by atoms with Crippen LogP contribution >= 0.6 is 0 Å². The molecule has 1 rings (SSSR count). The zero-order valence-electron chi connectivity index (χ0n) is 7.87. The Morgan fingerprint density at radius 3 is 2.86 bits per heavy atom. The molecular weight excluding hydrogens is 183 g/mol. The van der Waals surface area contributed by atoms with E-state index in [1.165, 1.54) is 13.2 Å². The quantitative estimate of drug-likeness (QED) is 0.543. The van der Waals surface area contributed by atoms with Gasteiger partial charge in [0.05, 0.1) is 7.11 Å². The highest BCUT2D eigenvalue weighted by Crippen LogP contribution is 2.21. The number of rotatable bonds is 4. The summed E-state index contributed by atoms with van der Waals surface area (Å²) in [5.74, 6) is 0.568. The molecule has 0 bridgehead atoms. The van der Waals surface area contributed by atoms with Gasteiger partial charge in [-0.05, 0) is 23.8 Å². The standard InChI is InChI=1S/C11H11FO2/c1-14-11-7-9(8-12)4-5-10(11)3-2-6-13/h2-7H,8H2,1H3/b3-2-. The van der Waals surface area contributed by atoms with Crippen LogP contribution in [0.4, 0.5) is 4.39 Å². The summed E-state index contributed by atoms with van der Waals surface area (Å²) in [4.78, 5) is 10.1. The number of hydrogen-bond acceptors (Lipinski definition) is 2. The van der Waals surface area contributed by atoms with Crippen LogP contribution in [0.15, 0.2) is 24.3 Å². The van der Waals surface area contributed by atoms with Crippen LogP contribution in [0.1, 0.15) is 11.1 Å². The van der Waals surface area contributed by atoms with Crippen molar-refractivity contribution < 1.29 is 13.9 Å². The predicted octanol–water partition coefficient (Wildman–Crippen LogP) is 2.38. The van der Waals surface area contributed by atoms with Gasteiger partial charge in [-0.25, -0.2) is 4.39 Å². The summed E-state index contributed by atoms with van der Waals surface area (Å²) in [7, 11) is 1.51. The summed E-state index contributed by atoms with van der Waals surface area (Å²) in [6.45, 7) is -0.520. The van der Waals surface area contributed by atoms with E-state index in [9.17, 15) is 9.18 Å². The minimum Gasteiger partial charge on any atom is -0.496 e. The van der Waals surface area contributed by atoms with E-state index in [0.29, 0.717) is 17.6 Å². The molecule has 0 radical (unpaired) electrons. The van der Waals surface area contributed by atoms with Crippen molar-refractivity contribution in [2.24, 2.45) is 0 Å². The zero-order valence-corrected chi connectivity index (χ0v) is 7.87. The number of carbonyl (C=O) groups excluding carboxylic acids is 1. The number of methoxy groups -OCH3 is 1. The molecule has 1 aromatic rings. The van der Waals surface area contributed by atoms with Crippen molar-refractivity contribution in [1.29, 1.82) is 0 Å². The Hall–Kier alpha value is -1.64. The molecule has 0 aromatic heterocycles. The summed E-state index contributed by atoms with van der Waals surface area (Å²) < 4.78 is 17.3. The molecule has 14 heavy (non-hydrogen) atoms. The molecule has 0 aliphatic carbocycles. The molecule has 0 aliphatic rings. The van der Waals surface area contributed by atoms with Gasteiger partial charge in [-0.3, -0.25) is 4.79 Å². The van der Waals surface area contributed by atoms with E-state index in [0.717, 1.165) is 5.56 Å². The minimum absolute atomic E-state index is 0.520. The number of carbonyl (C=O) groups is 1. The van der Waals surface area contributed by atoms with Gasteiger partial charge in [0.2, 0.25) is 0 Å². The number of alkyl halides is 1. The number of ether oxygens (including phenoxy) is 1. The van der Waals surface area contributed by atoms with Gasteiger partial charge < -0.3 is 4.74 Å². The Kier molecular flexibility index (Phi) is 3.85. The van der Waals surface area contributed by atoms with Gasteiger partial charge in [-0.1, -0.05) is 12.1 Å². The van der Waals surface area contributed by atoms with E-state index >= 15 is 0 Å². The Balaban J connectivity index is 3.04. The summed E-state index contributed by atoms with van der Waals surface area (Å²) in [6, 6.07) is 4.99. The average molecular weight is 194 g/mol.